The number of carbonyl (C=O) groups is 1. The Morgan fingerprint density at radius 3 is 2.32 bits per heavy atom. The number of sulfonamides is 1. The number of alkyl halides is 3. The largest absolute Gasteiger partial charge is 0.495 e. The van der Waals surface area contributed by atoms with Gasteiger partial charge in [-0.15, -0.1) is 0 Å². The van der Waals surface area contributed by atoms with Crippen LogP contribution < -0.4 is 19.7 Å². The molecule has 1 aliphatic rings. The second kappa shape index (κ2) is 12.8. The maximum atomic E-state index is 13.2. The van der Waals surface area contributed by atoms with Crippen molar-refractivity contribution in [1.82, 2.24) is 10.2 Å². The number of hydrogen-bond acceptors (Lipinski definition) is 6. The van der Waals surface area contributed by atoms with E-state index in [0.29, 0.717) is 17.0 Å². The summed E-state index contributed by atoms with van der Waals surface area (Å²) in [5.74, 6) is 0.0871. The number of anilines is 2. The first-order chi connectivity index (χ1) is 19.5. The van der Waals surface area contributed by atoms with Gasteiger partial charge in [-0.3, -0.25) is 14.4 Å². The molecule has 220 valence electrons. The van der Waals surface area contributed by atoms with Crippen molar-refractivity contribution in [3.05, 3.63) is 83.4 Å². The van der Waals surface area contributed by atoms with Crippen molar-refractivity contribution in [2.45, 2.75) is 31.0 Å². The highest BCUT2D eigenvalue weighted by Gasteiger charge is 2.30. The first-order valence-corrected chi connectivity index (χ1v) is 14.7. The molecule has 0 aromatic heterocycles. The smallest absolute Gasteiger partial charge is 0.416 e. The SMILES string of the molecule is CCCN1CCN(c2cc(S(=O)(=O)Nc3ccc(C(=O)NCc4cccc(C(F)(F)F)c4)cc3)ccc2OC)CC1. The molecule has 2 N–H and O–H groups in total. The molecule has 1 aliphatic heterocycles. The zero-order chi connectivity index (χ0) is 29.6. The number of rotatable bonds is 10. The maximum absolute atomic E-state index is 13.2. The normalized spacial score (nSPS) is 14.5. The van der Waals surface area contributed by atoms with Crippen LogP contribution in [0.2, 0.25) is 0 Å². The minimum absolute atomic E-state index is 0.0761. The number of halogens is 3. The summed E-state index contributed by atoms with van der Waals surface area (Å²) in [5.41, 5.74) is 0.705. The molecule has 1 heterocycles. The Balaban J connectivity index is 1.41. The number of nitrogens with zero attached hydrogens (tertiary/aromatic N) is 2. The lowest BCUT2D eigenvalue weighted by atomic mass is 10.1. The molecular weight excluding hydrogens is 557 g/mol. The van der Waals surface area contributed by atoms with Crippen LogP contribution in [0.4, 0.5) is 24.5 Å². The molecule has 0 radical (unpaired) electrons. The zero-order valence-electron chi connectivity index (χ0n) is 22.9. The van der Waals surface area contributed by atoms with Crippen LogP contribution >= 0.6 is 0 Å². The first kappa shape index (κ1) is 30.2. The summed E-state index contributed by atoms with van der Waals surface area (Å²) >= 11 is 0. The van der Waals surface area contributed by atoms with Gasteiger partial charge in [0.1, 0.15) is 5.75 Å². The second-order valence-corrected chi connectivity index (χ2v) is 11.4. The molecule has 1 saturated heterocycles. The summed E-state index contributed by atoms with van der Waals surface area (Å²) in [4.78, 5) is 17.1. The van der Waals surface area contributed by atoms with E-state index in [-0.39, 0.29) is 22.7 Å². The van der Waals surface area contributed by atoms with Gasteiger partial charge in [0.2, 0.25) is 0 Å². The monoisotopic (exact) mass is 590 g/mol. The molecule has 0 spiro atoms. The molecule has 0 atom stereocenters. The molecule has 0 unspecified atom stereocenters. The van der Waals surface area contributed by atoms with E-state index in [4.69, 9.17) is 4.74 Å². The Labute approximate surface area is 238 Å². The van der Waals surface area contributed by atoms with Gasteiger partial charge < -0.3 is 15.0 Å². The third-order valence-electron chi connectivity index (χ3n) is 6.82. The average molecular weight is 591 g/mol. The molecule has 1 amide bonds. The van der Waals surface area contributed by atoms with E-state index in [1.54, 1.807) is 19.2 Å². The number of piperazine rings is 1. The number of ether oxygens (including phenoxy) is 1. The zero-order valence-corrected chi connectivity index (χ0v) is 23.7. The number of amides is 1. The van der Waals surface area contributed by atoms with Crippen molar-refractivity contribution < 1.29 is 31.1 Å². The van der Waals surface area contributed by atoms with Crippen molar-refractivity contribution in [3.8, 4) is 5.75 Å². The van der Waals surface area contributed by atoms with E-state index in [0.717, 1.165) is 51.3 Å². The van der Waals surface area contributed by atoms with E-state index < -0.39 is 27.7 Å². The van der Waals surface area contributed by atoms with Crippen molar-refractivity contribution >= 4 is 27.3 Å². The summed E-state index contributed by atoms with van der Waals surface area (Å²) in [7, 11) is -2.40. The fourth-order valence-corrected chi connectivity index (χ4v) is 5.74. The lowest BCUT2D eigenvalue weighted by Gasteiger charge is -2.36. The fraction of sp³-hybridized carbons (Fsp3) is 0.345. The summed E-state index contributed by atoms with van der Waals surface area (Å²) < 4.78 is 73.2. The first-order valence-electron chi connectivity index (χ1n) is 13.2. The van der Waals surface area contributed by atoms with Gasteiger partial charge in [-0.2, -0.15) is 13.2 Å². The third kappa shape index (κ3) is 7.70. The second-order valence-electron chi connectivity index (χ2n) is 9.73. The molecule has 3 aromatic carbocycles. The van der Waals surface area contributed by atoms with Gasteiger partial charge in [-0.25, -0.2) is 8.42 Å². The van der Waals surface area contributed by atoms with Gasteiger partial charge in [0, 0.05) is 44.0 Å². The standard InChI is InChI=1S/C29H33F3N4O4S/c1-3-13-35-14-16-36(17-15-35)26-19-25(11-12-27(26)40-2)41(38,39)34-24-9-7-22(8-10-24)28(37)33-20-21-5-4-6-23(18-21)29(30,31)32/h4-12,18-19,34H,3,13-17,20H2,1-2H3,(H,33,37). The Bertz CT molecular complexity index is 1460. The van der Waals surface area contributed by atoms with Crippen LogP contribution in [-0.2, 0) is 22.7 Å². The number of methoxy groups -OCH3 is 1. The third-order valence-corrected chi connectivity index (χ3v) is 8.20. The van der Waals surface area contributed by atoms with E-state index in [9.17, 15) is 26.4 Å². The summed E-state index contributed by atoms with van der Waals surface area (Å²) in [6, 6.07) is 15.2. The fourth-order valence-electron chi connectivity index (χ4n) is 4.66. The summed E-state index contributed by atoms with van der Waals surface area (Å²) in [5, 5.41) is 2.58. The average Bonchev–Trinajstić information content (AvgIpc) is 2.96. The molecule has 0 saturated carbocycles. The van der Waals surface area contributed by atoms with Gasteiger partial charge in [-0.1, -0.05) is 19.1 Å². The van der Waals surface area contributed by atoms with Crippen LogP contribution in [0, 0.1) is 0 Å². The Morgan fingerprint density at radius 2 is 1.68 bits per heavy atom. The van der Waals surface area contributed by atoms with Crippen LogP contribution in [-0.4, -0.2) is 59.1 Å². The van der Waals surface area contributed by atoms with Crippen LogP contribution in [0.15, 0.2) is 71.6 Å². The van der Waals surface area contributed by atoms with E-state index in [1.807, 2.05) is 0 Å². The van der Waals surface area contributed by atoms with Crippen molar-refractivity contribution in [2.24, 2.45) is 0 Å². The maximum Gasteiger partial charge on any atom is 0.416 e. The predicted octanol–water partition coefficient (Wildman–Crippen LogP) is 4.98. The molecule has 0 aliphatic carbocycles. The van der Waals surface area contributed by atoms with Crippen LogP contribution in [0.25, 0.3) is 0 Å². The highest BCUT2D eigenvalue weighted by atomic mass is 32.2. The Hall–Kier alpha value is -3.77. The van der Waals surface area contributed by atoms with Gasteiger partial charge in [0.15, 0.2) is 0 Å². The van der Waals surface area contributed by atoms with E-state index in [2.05, 4.69) is 26.8 Å². The quantitative estimate of drug-likeness (QED) is 0.346. The van der Waals surface area contributed by atoms with Crippen LogP contribution in [0.5, 0.6) is 5.75 Å². The number of benzene rings is 3. The van der Waals surface area contributed by atoms with E-state index in [1.165, 1.54) is 42.5 Å². The number of nitrogens with one attached hydrogen (secondary N) is 2. The van der Waals surface area contributed by atoms with Crippen LogP contribution in [0.1, 0.15) is 34.8 Å². The van der Waals surface area contributed by atoms with Gasteiger partial charge in [-0.05, 0) is 73.1 Å². The predicted molar refractivity (Wildman–Crippen MR) is 152 cm³/mol. The minimum Gasteiger partial charge on any atom is -0.495 e. The van der Waals surface area contributed by atoms with Crippen molar-refractivity contribution in [3.63, 3.8) is 0 Å². The molecule has 0 bridgehead atoms. The Morgan fingerprint density at radius 1 is 0.976 bits per heavy atom. The molecule has 41 heavy (non-hydrogen) atoms. The number of carbonyl (C=O) groups excluding carboxylic acids is 1. The lowest BCUT2D eigenvalue weighted by molar-refractivity contribution is -0.137. The summed E-state index contributed by atoms with van der Waals surface area (Å²) in [6.07, 6.45) is -3.39. The Kier molecular flexibility index (Phi) is 9.44. The van der Waals surface area contributed by atoms with Crippen LogP contribution in [0.3, 0.4) is 0 Å². The lowest BCUT2D eigenvalue weighted by Crippen LogP contribution is -2.46. The number of hydrogen-bond donors (Lipinski definition) is 2. The van der Waals surface area contributed by atoms with Gasteiger partial charge in [0.25, 0.3) is 15.9 Å². The summed E-state index contributed by atoms with van der Waals surface area (Å²) in [6.45, 7) is 6.35. The highest BCUT2D eigenvalue weighted by Crippen LogP contribution is 2.33. The highest BCUT2D eigenvalue weighted by molar-refractivity contribution is 7.92. The molecule has 3 aromatic rings. The molecule has 1 fully saturated rings. The minimum atomic E-state index is -4.47. The topological polar surface area (TPSA) is 91.0 Å². The van der Waals surface area contributed by atoms with Gasteiger partial charge >= 0.3 is 6.18 Å². The van der Waals surface area contributed by atoms with E-state index >= 15 is 0 Å². The van der Waals surface area contributed by atoms with Gasteiger partial charge in [0.05, 0.1) is 23.3 Å². The molecule has 4 rings (SSSR count). The molecule has 12 heteroatoms. The van der Waals surface area contributed by atoms with Crippen molar-refractivity contribution in [2.75, 3.05) is 49.5 Å². The van der Waals surface area contributed by atoms with Crippen molar-refractivity contribution in [1.29, 1.82) is 0 Å². The molecule has 8 nitrogen and oxygen atoms in total. The molecular formula is C29H33F3N4O4S.